The molecule has 0 bridgehead atoms. The van der Waals surface area contributed by atoms with Crippen LogP contribution < -0.4 is 9.47 Å². The molecule has 0 atom stereocenters. The Balaban J connectivity index is 1.13. The molecule has 8 aromatic rings. The Morgan fingerprint density at radius 1 is 0.276 bits per heavy atom. The molecule has 0 aliphatic rings. The van der Waals surface area contributed by atoms with Gasteiger partial charge in [0.25, 0.3) is 0 Å². The van der Waals surface area contributed by atoms with E-state index in [9.17, 15) is 60.7 Å². The molecule has 0 saturated carbocycles. The molecule has 394 valence electrons. The van der Waals surface area contributed by atoms with Crippen molar-refractivity contribution in [2.45, 2.75) is 86.4 Å². The first-order valence-corrected chi connectivity index (χ1v) is 31.5. The van der Waals surface area contributed by atoms with Gasteiger partial charge in [-0.15, -0.1) is 0 Å². The molecule has 2 N–H and O–H groups in total. The number of aromatic hydroxyl groups is 2. The van der Waals surface area contributed by atoms with Gasteiger partial charge in [-0.25, -0.2) is 50.5 Å². The van der Waals surface area contributed by atoms with Crippen molar-refractivity contribution in [2.24, 2.45) is 0 Å². The number of benzene rings is 8. The zero-order valence-corrected chi connectivity index (χ0v) is 45.5. The standard InChI is InChI=1S/C54H46O16S6/c1-35-5-13-39(14-6-35)73(61,62)51-31-43(21-25-47(51)55)71(57,58)45-23-27-49(53(33-45)75(65,66)41-17-9-37(3)10-18-41)69-29-30-70-50-28-24-46(34-54(50)76(67,68)42-19-11-38(4)12-20-42)72(59,60)44-22-26-48(56)52(32-44)74(63,64)40-15-7-36(2)8-16-40/h5-28,31-34,55-56H,29-30H2,1-4H3. The zero-order valence-electron chi connectivity index (χ0n) is 40.6. The van der Waals surface area contributed by atoms with E-state index in [-0.39, 0.29) is 31.1 Å². The minimum atomic E-state index is -4.73. The molecular formula is C54H46O16S6. The molecule has 0 unspecified atom stereocenters. The van der Waals surface area contributed by atoms with E-state index in [1.165, 1.54) is 97.1 Å². The molecule has 16 nitrogen and oxygen atoms in total. The van der Waals surface area contributed by atoms with Crippen LogP contribution in [0.3, 0.4) is 0 Å². The van der Waals surface area contributed by atoms with Crippen LogP contribution in [0.1, 0.15) is 22.3 Å². The lowest BCUT2D eigenvalue weighted by atomic mass is 10.2. The zero-order chi connectivity index (χ0) is 55.2. The molecule has 8 rings (SSSR count). The molecule has 22 heteroatoms. The molecule has 0 spiro atoms. The second kappa shape index (κ2) is 20.7. The van der Waals surface area contributed by atoms with Gasteiger partial charge in [0.15, 0.2) is 0 Å². The van der Waals surface area contributed by atoms with E-state index in [1.807, 2.05) is 0 Å². The van der Waals surface area contributed by atoms with Crippen molar-refractivity contribution in [1.82, 2.24) is 0 Å². The Morgan fingerprint density at radius 3 is 0.750 bits per heavy atom. The fraction of sp³-hybridized carbons (Fsp3) is 0.111. The lowest BCUT2D eigenvalue weighted by Crippen LogP contribution is -2.15. The summed E-state index contributed by atoms with van der Waals surface area (Å²) in [4.78, 5) is -6.00. The number of rotatable bonds is 17. The van der Waals surface area contributed by atoms with Gasteiger partial charge in [0.1, 0.15) is 55.8 Å². The monoisotopic (exact) mass is 1140 g/mol. The van der Waals surface area contributed by atoms with Gasteiger partial charge in [0.05, 0.1) is 39.2 Å². The van der Waals surface area contributed by atoms with Crippen LogP contribution in [0.5, 0.6) is 23.0 Å². The van der Waals surface area contributed by atoms with Gasteiger partial charge in [0.2, 0.25) is 59.0 Å². The predicted octanol–water partition coefficient (Wildman–Crippen LogP) is 8.79. The molecule has 0 amide bonds. The van der Waals surface area contributed by atoms with E-state index in [1.54, 1.807) is 27.7 Å². The van der Waals surface area contributed by atoms with Gasteiger partial charge >= 0.3 is 0 Å². The summed E-state index contributed by atoms with van der Waals surface area (Å²) in [6.07, 6.45) is 0. The highest BCUT2D eigenvalue weighted by atomic mass is 32.2. The van der Waals surface area contributed by atoms with Gasteiger partial charge in [-0.1, -0.05) is 70.8 Å². The van der Waals surface area contributed by atoms with Crippen LogP contribution in [0.25, 0.3) is 0 Å². The Morgan fingerprint density at radius 2 is 0.487 bits per heavy atom. The summed E-state index contributed by atoms with van der Waals surface area (Å²) in [5, 5.41) is 21.3. The number of hydrogen-bond donors (Lipinski definition) is 2. The van der Waals surface area contributed by atoms with Crippen LogP contribution in [-0.4, -0.2) is 73.9 Å². The van der Waals surface area contributed by atoms with Crippen LogP contribution in [0.2, 0.25) is 0 Å². The summed E-state index contributed by atoms with van der Waals surface area (Å²) in [7, 11) is -27.6. The van der Waals surface area contributed by atoms with Crippen LogP contribution in [0, 0.1) is 27.7 Å². The van der Waals surface area contributed by atoms with E-state index in [4.69, 9.17) is 9.47 Å². The molecule has 0 fully saturated rings. The van der Waals surface area contributed by atoms with E-state index in [0.29, 0.717) is 11.1 Å². The van der Waals surface area contributed by atoms with Gasteiger partial charge < -0.3 is 19.7 Å². The maximum atomic E-state index is 14.4. The van der Waals surface area contributed by atoms with Crippen molar-refractivity contribution < 1.29 is 70.2 Å². The minimum Gasteiger partial charge on any atom is -0.507 e. The molecule has 0 aliphatic heterocycles. The highest BCUT2D eigenvalue weighted by Crippen LogP contribution is 2.39. The third kappa shape index (κ3) is 10.7. The molecule has 8 aromatic carbocycles. The van der Waals surface area contributed by atoms with Gasteiger partial charge in [-0.2, -0.15) is 0 Å². The lowest BCUT2D eigenvalue weighted by molar-refractivity contribution is 0.210. The fourth-order valence-corrected chi connectivity index (χ4v) is 16.2. The largest absolute Gasteiger partial charge is 0.507 e. The van der Waals surface area contributed by atoms with Crippen LogP contribution in [-0.2, 0) is 59.0 Å². The van der Waals surface area contributed by atoms with E-state index < -0.39 is 123 Å². The first kappa shape index (κ1) is 54.9. The fourth-order valence-electron chi connectivity index (χ4n) is 7.68. The van der Waals surface area contributed by atoms with Crippen molar-refractivity contribution in [3.05, 3.63) is 192 Å². The average molecular weight is 1140 g/mol. The Labute approximate surface area is 441 Å². The predicted molar refractivity (Wildman–Crippen MR) is 278 cm³/mol. The highest BCUT2D eigenvalue weighted by Gasteiger charge is 2.32. The van der Waals surface area contributed by atoms with Gasteiger partial charge in [-0.05, 0) is 149 Å². The molecule has 0 aromatic heterocycles. The molecule has 0 aliphatic carbocycles. The number of hydrogen-bond acceptors (Lipinski definition) is 16. The topological polar surface area (TPSA) is 264 Å². The number of aryl methyl sites for hydroxylation is 4. The molecule has 0 heterocycles. The Hall–Kier alpha value is -7.34. The molecule has 0 saturated heterocycles. The van der Waals surface area contributed by atoms with E-state index in [0.717, 1.165) is 83.9 Å². The smallest absolute Gasteiger partial charge is 0.210 e. The third-order valence-electron chi connectivity index (χ3n) is 12.0. The summed E-state index contributed by atoms with van der Waals surface area (Å²) in [5.41, 5.74) is 2.91. The summed E-state index contributed by atoms with van der Waals surface area (Å²) in [5.74, 6) is -2.21. The summed E-state index contributed by atoms with van der Waals surface area (Å²) < 4.78 is 181. The van der Waals surface area contributed by atoms with Gasteiger partial charge in [-0.3, -0.25) is 0 Å². The number of sulfone groups is 6. The highest BCUT2D eigenvalue weighted by molar-refractivity contribution is 7.93. The van der Waals surface area contributed by atoms with E-state index in [2.05, 4.69) is 0 Å². The maximum Gasteiger partial charge on any atom is 0.210 e. The minimum absolute atomic E-state index is 0.218. The van der Waals surface area contributed by atoms with Crippen LogP contribution in [0.4, 0.5) is 0 Å². The second-order valence-electron chi connectivity index (χ2n) is 17.4. The average Bonchev–Trinajstić information content (AvgIpc) is 3.39. The lowest BCUT2D eigenvalue weighted by Gasteiger charge is -2.17. The van der Waals surface area contributed by atoms with Crippen molar-refractivity contribution in [1.29, 1.82) is 0 Å². The summed E-state index contributed by atoms with van der Waals surface area (Å²) >= 11 is 0. The van der Waals surface area contributed by atoms with Crippen molar-refractivity contribution in [2.75, 3.05) is 13.2 Å². The summed E-state index contributed by atoms with van der Waals surface area (Å²) in [6.45, 7) is 5.88. The van der Waals surface area contributed by atoms with Crippen LogP contribution in [0.15, 0.2) is 229 Å². The normalized spacial score (nSPS) is 12.5. The van der Waals surface area contributed by atoms with Gasteiger partial charge in [0, 0.05) is 0 Å². The second-order valence-corrected chi connectivity index (χ2v) is 29.0. The number of phenols is 2. The molecular weight excluding hydrogens is 1100 g/mol. The number of phenolic OH excluding ortho intramolecular Hbond substituents is 2. The Bertz CT molecular complexity index is 4000. The van der Waals surface area contributed by atoms with Crippen molar-refractivity contribution in [3.8, 4) is 23.0 Å². The third-order valence-corrected chi connectivity index (χ3v) is 22.7. The first-order valence-electron chi connectivity index (χ1n) is 22.6. The quantitative estimate of drug-likeness (QED) is 0.0807. The number of ether oxygens (including phenoxy) is 2. The van der Waals surface area contributed by atoms with Crippen molar-refractivity contribution >= 4 is 59.0 Å². The maximum absolute atomic E-state index is 14.4. The first-order chi connectivity index (χ1) is 35.6. The van der Waals surface area contributed by atoms with Crippen molar-refractivity contribution in [3.63, 3.8) is 0 Å². The summed E-state index contributed by atoms with van der Waals surface area (Å²) in [6, 6.07) is 33.7. The molecule has 0 radical (unpaired) electrons. The van der Waals surface area contributed by atoms with Crippen LogP contribution >= 0.6 is 0 Å². The van der Waals surface area contributed by atoms with E-state index >= 15 is 0 Å². The molecule has 76 heavy (non-hydrogen) atoms. The SMILES string of the molecule is Cc1ccc(S(=O)(=O)c2cc(S(=O)(=O)c3ccc(OCCOc4ccc(S(=O)(=O)c5ccc(O)c(S(=O)(=O)c6ccc(C)cc6)c5)cc4S(=O)(=O)c4ccc(C)cc4)c(S(=O)(=O)c4ccc(C)cc4)c3)ccc2O)cc1. The Kier molecular flexibility index (Phi) is 14.9.